The molecule has 2 amide bonds. The maximum atomic E-state index is 12.5. The number of hydrogen-bond donors (Lipinski definition) is 1. The van der Waals surface area contributed by atoms with E-state index in [-0.39, 0.29) is 29.4 Å². The normalized spacial score (nSPS) is 13.5. The third-order valence-corrected chi connectivity index (χ3v) is 5.03. The highest BCUT2D eigenvalue weighted by molar-refractivity contribution is 6.36. The number of nitro benzene ring substituents is 1. The van der Waals surface area contributed by atoms with Gasteiger partial charge in [0, 0.05) is 27.7 Å². The molecule has 1 aliphatic rings. The highest BCUT2D eigenvalue weighted by Gasteiger charge is 2.30. The van der Waals surface area contributed by atoms with Crippen LogP contribution >= 0.6 is 23.2 Å². The molecule has 0 radical (unpaired) electrons. The second-order valence-electron chi connectivity index (χ2n) is 6.13. The van der Waals surface area contributed by atoms with E-state index in [0.29, 0.717) is 26.9 Å². The van der Waals surface area contributed by atoms with E-state index >= 15 is 0 Å². The first-order valence-electron chi connectivity index (χ1n) is 8.10. The van der Waals surface area contributed by atoms with Crippen molar-refractivity contribution in [1.82, 2.24) is 5.32 Å². The molecule has 0 atom stereocenters. The summed E-state index contributed by atoms with van der Waals surface area (Å²) in [5.41, 5.74) is 1.60. The molecule has 2 aromatic rings. The monoisotopic (exact) mass is 420 g/mol. The standard InChI is InChI=1S/C18H14Cl2N4O4/c1-9-13(19)7-14(20)10(2)17(9)23-16(25)8-15(22-23)21-18(26)11-4-3-5-12(6-11)24(27)28/h3-7H,8H2,1-2H3,(H,21,22,26). The Labute approximate surface area is 169 Å². The molecule has 0 bridgehead atoms. The fraction of sp³-hybridized carbons (Fsp3) is 0.167. The van der Waals surface area contributed by atoms with Crippen molar-refractivity contribution in [1.29, 1.82) is 0 Å². The van der Waals surface area contributed by atoms with E-state index in [1.807, 2.05) is 0 Å². The number of nitrogens with zero attached hydrogens (tertiary/aromatic N) is 3. The van der Waals surface area contributed by atoms with Crippen LogP contribution in [0.3, 0.4) is 0 Å². The molecule has 0 saturated heterocycles. The highest BCUT2D eigenvalue weighted by Crippen LogP contribution is 2.37. The van der Waals surface area contributed by atoms with Gasteiger partial charge in [0.25, 0.3) is 17.5 Å². The number of nitrogens with one attached hydrogen (secondary N) is 1. The van der Waals surface area contributed by atoms with Crippen LogP contribution in [0, 0.1) is 24.0 Å². The van der Waals surface area contributed by atoms with Gasteiger partial charge in [0.2, 0.25) is 0 Å². The predicted molar refractivity (Wildman–Crippen MR) is 106 cm³/mol. The van der Waals surface area contributed by atoms with Crippen molar-refractivity contribution in [2.45, 2.75) is 20.3 Å². The number of rotatable bonds is 3. The smallest absolute Gasteiger partial charge is 0.270 e. The summed E-state index contributed by atoms with van der Waals surface area (Å²) in [4.78, 5) is 35.1. The van der Waals surface area contributed by atoms with Crippen molar-refractivity contribution in [2.75, 3.05) is 5.01 Å². The van der Waals surface area contributed by atoms with E-state index in [2.05, 4.69) is 10.4 Å². The molecule has 144 valence electrons. The Morgan fingerprint density at radius 1 is 1.21 bits per heavy atom. The van der Waals surface area contributed by atoms with Crippen molar-refractivity contribution < 1.29 is 14.5 Å². The molecule has 1 heterocycles. The number of amidine groups is 1. The topological polar surface area (TPSA) is 105 Å². The number of hydrogen-bond acceptors (Lipinski definition) is 5. The lowest BCUT2D eigenvalue weighted by Gasteiger charge is -2.19. The first-order chi connectivity index (χ1) is 13.2. The molecule has 8 nitrogen and oxygen atoms in total. The molecule has 3 rings (SSSR count). The van der Waals surface area contributed by atoms with Crippen LogP contribution in [0.15, 0.2) is 35.4 Å². The second kappa shape index (κ2) is 7.57. The second-order valence-corrected chi connectivity index (χ2v) is 6.94. The zero-order chi connectivity index (χ0) is 20.6. The Morgan fingerprint density at radius 3 is 2.46 bits per heavy atom. The predicted octanol–water partition coefficient (Wildman–Crippen LogP) is 4.00. The van der Waals surface area contributed by atoms with E-state index in [1.54, 1.807) is 19.9 Å². The molecule has 28 heavy (non-hydrogen) atoms. The fourth-order valence-corrected chi connectivity index (χ4v) is 3.24. The van der Waals surface area contributed by atoms with Gasteiger partial charge in [0.15, 0.2) is 0 Å². The summed E-state index contributed by atoms with van der Waals surface area (Å²) in [5, 5.41) is 19.5. The maximum Gasteiger partial charge on any atom is 0.270 e. The lowest BCUT2D eigenvalue weighted by Crippen LogP contribution is -2.29. The lowest BCUT2D eigenvalue weighted by molar-refractivity contribution is -0.384. The van der Waals surface area contributed by atoms with E-state index in [9.17, 15) is 19.7 Å². The molecular weight excluding hydrogens is 407 g/mol. The molecule has 1 N–H and O–H groups in total. The van der Waals surface area contributed by atoms with Gasteiger partial charge >= 0.3 is 0 Å². The summed E-state index contributed by atoms with van der Waals surface area (Å²) in [7, 11) is 0. The van der Waals surface area contributed by atoms with Crippen LogP contribution in [0.2, 0.25) is 10.0 Å². The average molecular weight is 421 g/mol. The van der Waals surface area contributed by atoms with Gasteiger partial charge in [-0.1, -0.05) is 29.3 Å². The average Bonchev–Trinajstić information content (AvgIpc) is 3.00. The molecule has 0 unspecified atom stereocenters. The van der Waals surface area contributed by atoms with Gasteiger partial charge in [-0.25, -0.2) is 0 Å². The quantitative estimate of drug-likeness (QED) is 0.598. The Morgan fingerprint density at radius 2 is 1.86 bits per heavy atom. The maximum absolute atomic E-state index is 12.5. The molecule has 0 aromatic heterocycles. The third-order valence-electron chi connectivity index (χ3n) is 4.24. The number of carbonyl (C=O) groups excluding carboxylic acids is 2. The Kier molecular flexibility index (Phi) is 5.35. The minimum absolute atomic E-state index is 0.0842. The number of benzene rings is 2. The Hall–Kier alpha value is -2.97. The first kappa shape index (κ1) is 19.8. The summed E-state index contributed by atoms with van der Waals surface area (Å²) < 4.78 is 0. The summed E-state index contributed by atoms with van der Waals surface area (Å²) in [6.45, 7) is 3.48. The van der Waals surface area contributed by atoms with Gasteiger partial charge in [-0.2, -0.15) is 10.1 Å². The van der Waals surface area contributed by atoms with Crippen molar-refractivity contribution in [3.63, 3.8) is 0 Å². The lowest BCUT2D eigenvalue weighted by atomic mass is 10.1. The first-order valence-corrected chi connectivity index (χ1v) is 8.86. The van der Waals surface area contributed by atoms with Crippen LogP contribution in [0.5, 0.6) is 0 Å². The van der Waals surface area contributed by atoms with Gasteiger partial charge < -0.3 is 5.32 Å². The SMILES string of the molecule is Cc1c(Cl)cc(Cl)c(C)c1N1N=C(NC(=O)c2cccc([N+](=O)[O-])c2)CC1=O. The number of non-ortho nitro benzene ring substituents is 1. The van der Waals surface area contributed by atoms with Crippen LogP contribution in [-0.2, 0) is 4.79 Å². The van der Waals surface area contributed by atoms with Gasteiger partial charge in [0.1, 0.15) is 5.84 Å². The van der Waals surface area contributed by atoms with Gasteiger partial charge in [0.05, 0.1) is 17.0 Å². The minimum atomic E-state index is -0.602. The van der Waals surface area contributed by atoms with Gasteiger partial charge in [-0.05, 0) is 37.1 Å². The van der Waals surface area contributed by atoms with Gasteiger partial charge in [-0.15, -0.1) is 0 Å². The number of hydrazone groups is 1. The summed E-state index contributed by atoms with van der Waals surface area (Å²) in [5.74, 6) is -0.843. The number of amides is 2. The molecule has 0 aliphatic carbocycles. The van der Waals surface area contributed by atoms with Crippen molar-refractivity contribution >= 4 is 52.2 Å². The number of anilines is 1. The zero-order valence-electron chi connectivity index (χ0n) is 14.8. The van der Waals surface area contributed by atoms with Crippen LogP contribution in [0.25, 0.3) is 0 Å². The molecule has 10 heteroatoms. The molecule has 2 aromatic carbocycles. The van der Waals surface area contributed by atoms with Crippen molar-refractivity contribution in [2.24, 2.45) is 5.10 Å². The molecule has 0 saturated carbocycles. The zero-order valence-corrected chi connectivity index (χ0v) is 16.3. The summed E-state index contributed by atoms with van der Waals surface area (Å²) in [6, 6.07) is 6.86. The summed E-state index contributed by atoms with van der Waals surface area (Å²) >= 11 is 12.3. The van der Waals surface area contributed by atoms with Crippen LogP contribution in [0.1, 0.15) is 27.9 Å². The third kappa shape index (κ3) is 3.69. The molecular formula is C18H14Cl2N4O4. The molecule has 1 aliphatic heterocycles. The number of halogens is 2. The molecule has 0 spiro atoms. The Bertz CT molecular complexity index is 1030. The van der Waals surface area contributed by atoms with E-state index in [0.717, 1.165) is 11.1 Å². The van der Waals surface area contributed by atoms with E-state index < -0.39 is 10.8 Å². The molecule has 0 fully saturated rings. The van der Waals surface area contributed by atoms with Crippen molar-refractivity contribution in [3.8, 4) is 0 Å². The van der Waals surface area contributed by atoms with Gasteiger partial charge in [-0.3, -0.25) is 19.7 Å². The van der Waals surface area contributed by atoms with Crippen LogP contribution < -0.4 is 10.3 Å². The largest absolute Gasteiger partial charge is 0.308 e. The van der Waals surface area contributed by atoms with Crippen LogP contribution in [-0.4, -0.2) is 22.6 Å². The Balaban J connectivity index is 1.88. The van der Waals surface area contributed by atoms with Crippen molar-refractivity contribution in [3.05, 3.63) is 67.2 Å². The van der Waals surface area contributed by atoms with E-state index in [4.69, 9.17) is 23.2 Å². The minimum Gasteiger partial charge on any atom is -0.308 e. The summed E-state index contributed by atoms with van der Waals surface area (Å²) in [6.07, 6.45) is -0.135. The highest BCUT2D eigenvalue weighted by atomic mass is 35.5. The van der Waals surface area contributed by atoms with E-state index in [1.165, 1.54) is 18.2 Å². The fourth-order valence-electron chi connectivity index (χ4n) is 2.79. The number of carbonyl (C=O) groups is 2. The number of nitro groups is 1. The van der Waals surface area contributed by atoms with Crippen LogP contribution in [0.4, 0.5) is 11.4 Å².